The van der Waals surface area contributed by atoms with Crippen molar-refractivity contribution in [1.82, 2.24) is 10.2 Å². The third kappa shape index (κ3) is 5.81. The Bertz CT molecular complexity index is 1260. The van der Waals surface area contributed by atoms with Gasteiger partial charge < -0.3 is 16.0 Å². The lowest BCUT2D eigenvalue weighted by Gasteiger charge is -2.31. The molecular weight excluding hydrogens is 476 g/mol. The van der Waals surface area contributed by atoms with Gasteiger partial charge in [-0.15, -0.1) is 0 Å². The second kappa shape index (κ2) is 11.0. The number of rotatable bonds is 8. The highest BCUT2D eigenvalue weighted by atomic mass is 32.2. The zero-order valence-corrected chi connectivity index (χ0v) is 20.6. The Morgan fingerprint density at radius 3 is 2.00 bits per heavy atom. The quantitative estimate of drug-likeness (QED) is 0.430. The van der Waals surface area contributed by atoms with Crippen LogP contribution >= 0.6 is 0 Å². The number of carbonyl (C=O) groups is 2. The first kappa shape index (κ1) is 25.6. The largest absolute Gasteiger partial charge is 0.350 e. The number of benzene rings is 3. The van der Waals surface area contributed by atoms with Crippen molar-refractivity contribution in [2.75, 3.05) is 6.54 Å². The van der Waals surface area contributed by atoms with Crippen LogP contribution in [0.1, 0.15) is 35.4 Å². The fraction of sp³-hybridized carbons (Fsp3) is 0.259. The van der Waals surface area contributed by atoms with Crippen molar-refractivity contribution in [2.45, 2.75) is 42.3 Å². The Morgan fingerprint density at radius 2 is 1.47 bits per heavy atom. The second-order valence-electron chi connectivity index (χ2n) is 8.92. The topological polar surface area (TPSA) is 136 Å². The molecule has 36 heavy (non-hydrogen) atoms. The minimum atomic E-state index is -3.78. The van der Waals surface area contributed by atoms with Crippen LogP contribution in [-0.2, 0) is 26.2 Å². The van der Waals surface area contributed by atoms with Gasteiger partial charge >= 0.3 is 0 Å². The molecule has 0 spiro atoms. The molecule has 1 aliphatic rings. The lowest BCUT2D eigenvalue weighted by molar-refractivity contribution is -0.139. The van der Waals surface area contributed by atoms with E-state index in [0.717, 1.165) is 16.7 Å². The Labute approximate surface area is 211 Å². The van der Waals surface area contributed by atoms with Gasteiger partial charge in [0.15, 0.2) is 0 Å². The van der Waals surface area contributed by atoms with E-state index < -0.39 is 22.1 Å². The summed E-state index contributed by atoms with van der Waals surface area (Å²) in [7, 11) is -3.78. The number of carbonyl (C=O) groups excluding carboxylic acids is 2. The summed E-state index contributed by atoms with van der Waals surface area (Å²) in [5, 5.41) is 7.99. The van der Waals surface area contributed by atoms with E-state index in [4.69, 9.17) is 10.9 Å². The number of nitrogens with two attached hydrogens (primary N) is 2. The van der Waals surface area contributed by atoms with Gasteiger partial charge in [-0.25, -0.2) is 13.6 Å². The zero-order chi connectivity index (χ0) is 25.7. The predicted molar refractivity (Wildman–Crippen MR) is 137 cm³/mol. The summed E-state index contributed by atoms with van der Waals surface area (Å²) in [6.07, 6.45) is 1.26. The second-order valence-corrected chi connectivity index (χ2v) is 10.5. The molecule has 8 nitrogen and oxygen atoms in total. The van der Waals surface area contributed by atoms with Gasteiger partial charge in [0, 0.05) is 19.0 Å². The Kier molecular flexibility index (Phi) is 7.83. The van der Waals surface area contributed by atoms with Crippen molar-refractivity contribution in [1.29, 1.82) is 0 Å². The summed E-state index contributed by atoms with van der Waals surface area (Å²) in [5.41, 5.74) is 9.19. The molecule has 4 rings (SSSR count). The van der Waals surface area contributed by atoms with E-state index in [0.29, 0.717) is 19.4 Å². The molecule has 1 aliphatic heterocycles. The van der Waals surface area contributed by atoms with E-state index in [1.807, 2.05) is 60.7 Å². The lowest BCUT2D eigenvalue weighted by atomic mass is 9.84. The number of nitrogens with one attached hydrogen (secondary N) is 1. The average Bonchev–Trinajstić information content (AvgIpc) is 3.38. The van der Waals surface area contributed by atoms with Crippen molar-refractivity contribution in [2.24, 2.45) is 10.9 Å². The number of primary sulfonamides is 1. The number of nitrogens with zero attached hydrogens (tertiary/aromatic N) is 1. The standard InChI is InChI=1S/C27H30N4O4S/c28-25(24(20-8-3-1-4-9-20)21-10-5-2-6-11-21)27(33)31-17-7-12-23(31)26(32)30-18-19-13-15-22(16-14-19)36(29,34)35/h1-6,8-11,13-16,23-25H,7,12,17-18,28H2,(H,30,32)(H2,29,34,35)/t23?,25-/m1/s1. The van der Waals surface area contributed by atoms with Crippen LogP contribution in [0.5, 0.6) is 0 Å². The Balaban J connectivity index is 1.47. The monoisotopic (exact) mass is 506 g/mol. The minimum absolute atomic E-state index is 0.00511. The minimum Gasteiger partial charge on any atom is -0.350 e. The van der Waals surface area contributed by atoms with Crippen LogP contribution in [0, 0.1) is 0 Å². The fourth-order valence-corrected chi connectivity index (χ4v) is 5.18. The molecule has 1 heterocycles. The predicted octanol–water partition coefficient (Wildman–Crippen LogP) is 2.10. The molecule has 3 aromatic rings. The first-order chi connectivity index (χ1) is 17.3. The Morgan fingerprint density at radius 1 is 0.917 bits per heavy atom. The number of amides is 2. The van der Waals surface area contributed by atoms with Crippen LogP contribution < -0.4 is 16.2 Å². The third-order valence-corrected chi connectivity index (χ3v) is 7.45. The van der Waals surface area contributed by atoms with Gasteiger partial charge in [-0.1, -0.05) is 72.8 Å². The van der Waals surface area contributed by atoms with Crippen molar-refractivity contribution in [3.05, 3.63) is 102 Å². The maximum absolute atomic E-state index is 13.6. The highest BCUT2D eigenvalue weighted by molar-refractivity contribution is 7.89. The average molecular weight is 507 g/mol. The molecule has 0 saturated carbocycles. The highest BCUT2D eigenvalue weighted by Crippen LogP contribution is 2.30. The zero-order valence-electron chi connectivity index (χ0n) is 19.8. The van der Waals surface area contributed by atoms with Gasteiger partial charge in [0.1, 0.15) is 6.04 Å². The summed E-state index contributed by atoms with van der Waals surface area (Å²) in [6.45, 7) is 0.662. The SMILES string of the molecule is N[C@@H](C(=O)N1CCCC1C(=O)NCc1ccc(S(N)(=O)=O)cc1)C(c1ccccc1)c1ccccc1. The maximum atomic E-state index is 13.6. The number of likely N-dealkylation sites (tertiary alicyclic amines) is 1. The van der Waals surface area contributed by atoms with E-state index in [-0.39, 0.29) is 29.2 Å². The maximum Gasteiger partial charge on any atom is 0.243 e. The van der Waals surface area contributed by atoms with Gasteiger partial charge in [-0.2, -0.15) is 0 Å². The first-order valence-electron chi connectivity index (χ1n) is 11.8. The molecule has 0 aromatic heterocycles. The molecule has 2 amide bonds. The summed E-state index contributed by atoms with van der Waals surface area (Å²) < 4.78 is 22.9. The molecule has 1 saturated heterocycles. The molecule has 9 heteroatoms. The smallest absolute Gasteiger partial charge is 0.243 e. The fourth-order valence-electron chi connectivity index (χ4n) is 4.67. The Hall–Kier alpha value is -3.53. The van der Waals surface area contributed by atoms with Gasteiger partial charge in [0.2, 0.25) is 21.8 Å². The van der Waals surface area contributed by atoms with Crippen LogP contribution in [0.15, 0.2) is 89.8 Å². The summed E-state index contributed by atoms with van der Waals surface area (Å²) in [4.78, 5) is 28.2. The molecule has 1 unspecified atom stereocenters. The first-order valence-corrected chi connectivity index (χ1v) is 13.4. The van der Waals surface area contributed by atoms with Crippen LogP contribution in [0.25, 0.3) is 0 Å². The van der Waals surface area contributed by atoms with Gasteiger partial charge in [0.05, 0.1) is 10.9 Å². The van der Waals surface area contributed by atoms with Crippen molar-refractivity contribution in [3.8, 4) is 0 Å². The number of sulfonamides is 1. The van der Waals surface area contributed by atoms with Crippen LogP contribution in [0.2, 0.25) is 0 Å². The molecule has 0 bridgehead atoms. The van der Waals surface area contributed by atoms with Gasteiger partial charge in [0.25, 0.3) is 0 Å². The van der Waals surface area contributed by atoms with Crippen molar-refractivity contribution < 1.29 is 18.0 Å². The van der Waals surface area contributed by atoms with Gasteiger partial charge in [-0.05, 0) is 41.7 Å². The number of hydrogen-bond acceptors (Lipinski definition) is 5. The molecule has 3 aromatic carbocycles. The van der Waals surface area contributed by atoms with E-state index in [9.17, 15) is 18.0 Å². The van der Waals surface area contributed by atoms with Crippen LogP contribution in [0.3, 0.4) is 0 Å². The third-order valence-electron chi connectivity index (χ3n) is 6.52. The molecule has 0 aliphatic carbocycles. The molecular formula is C27H30N4O4S. The highest BCUT2D eigenvalue weighted by Gasteiger charge is 2.39. The molecule has 0 radical (unpaired) electrons. The van der Waals surface area contributed by atoms with E-state index >= 15 is 0 Å². The molecule has 2 atom stereocenters. The molecule has 188 valence electrons. The number of hydrogen-bond donors (Lipinski definition) is 3. The summed E-state index contributed by atoms with van der Waals surface area (Å²) >= 11 is 0. The van der Waals surface area contributed by atoms with Crippen molar-refractivity contribution in [3.63, 3.8) is 0 Å². The van der Waals surface area contributed by atoms with Gasteiger partial charge in [-0.3, -0.25) is 9.59 Å². The van der Waals surface area contributed by atoms with Crippen molar-refractivity contribution >= 4 is 21.8 Å². The lowest BCUT2D eigenvalue weighted by Crippen LogP contribution is -2.52. The van der Waals surface area contributed by atoms with E-state index in [1.165, 1.54) is 12.1 Å². The normalized spacial score (nSPS) is 16.6. The molecule has 1 fully saturated rings. The molecule has 5 N–H and O–H groups in total. The van der Waals surface area contributed by atoms with E-state index in [2.05, 4.69) is 5.32 Å². The van der Waals surface area contributed by atoms with E-state index in [1.54, 1.807) is 17.0 Å². The summed E-state index contributed by atoms with van der Waals surface area (Å²) in [5.74, 6) is -0.871. The van der Waals surface area contributed by atoms with Crippen LogP contribution in [0.4, 0.5) is 0 Å². The van der Waals surface area contributed by atoms with Crippen LogP contribution in [-0.4, -0.2) is 43.8 Å². The summed E-state index contributed by atoms with van der Waals surface area (Å²) in [6, 6.07) is 23.9.